The molecule has 1 aliphatic heterocycles. The van der Waals surface area contributed by atoms with E-state index in [0.29, 0.717) is 12.6 Å². The Kier molecular flexibility index (Phi) is 5.38. The lowest BCUT2D eigenvalue weighted by Gasteiger charge is -2.34. The Hall–Kier alpha value is -1.12. The Balaban J connectivity index is 1.87. The van der Waals surface area contributed by atoms with E-state index in [-0.39, 0.29) is 5.91 Å². The Morgan fingerprint density at radius 3 is 2.60 bits per heavy atom. The molecule has 2 rings (SSSR count). The van der Waals surface area contributed by atoms with E-state index in [9.17, 15) is 10.1 Å². The lowest BCUT2D eigenvalue weighted by atomic mass is 9.99. The summed E-state index contributed by atoms with van der Waals surface area (Å²) in [5.74, 6) is 0.00818. The number of hydrogen-bond acceptors (Lipinski definition) is 4. The van der Waals surface area contributed by atoms with Gasteiger partial charge in [0.2, 0.25) is 5.91 Å². The van der Waals surface area contributed by atoms with Gasteiger partial charge in [-0.1, -0.05) is 6.92 Å². The minimum Gasteiger partial charge on any atom is -0.337 e. The molecule has 0 atom stereocenters. The van der Waals surface area contributed by atoms with Crippen molar-refractivity contribution >= 4 is 5.91 Å². The topological polar surface area (TPSA) is 68.2 Å². The fraction of sp³-hybridized carbons (Fsp3) is 0.867. The van der Waals surface area contributed by atoms with Crippen LogP contribution in [0.1, 0.15) is 45.4 Å². The van der Waals surface area contributed by atoms with Crippen molar-refractivity contribution in [2.75, 3.05) is 26.2 Å². The van der Waals surface area contributed by atoms with E-state index in [4.69, 9.17) is 0 Å². The van der Waals surface area contributed by atoms with Gasteiger partial charge in [0.15, 0.2) is 0 Å². The standard InChI is InChI=1S/C15H26N4O/c1-2-19(13-5-9-17-10-6-13)11-14(20)18-15(12-16)7-3-4-8-15/h13,17H,2-11H2,1H3,(H,18,20). The van der Waals surface area contributed by atoms with Gasteiger partial charge in [-0.15, -0.1) is 0 Å². The van der Waals surface area contributed by atoms with Crippen LogP contribution in [0.15, 0.2) is 0 Å². The maximum Gasteiger partial charge on any atom is 0.235 e. The van der Waals surface area contributed by atoms with Crippen LogP contribution in [0.5, 0.6) is 0 Å². The number of amides is 1. The summed E-state index contributed by atoms with van der Waals surface area (Å²) in [5.41, 5.74) is -0.593. The largest absolute Gasteiger partial charge is 0.337 e. The molecule has 0 unspecified atom stereocenters. The van der Waals surface area contributed by atoms with E-state index >= 15 is 0 Å². The van der Waals surface area contributed by atoms with Gasteiger partial charge in [0, 0.05) is 6.04 Å². The number of rotatable bonds is 5. The second kappa shape index (κ2) is 7.05. The number of hydrogen-bond donors (Lipinski definition) is 2. The molecule has 20 heavy (non-hydrogen) atoms. The molecule has 0 bridgehead atoms. The van der Waals surface area contributed by atoms with Crippen molar-refractivity contribution in [2.45, 2.75) is 57.0 Å². The minimum absolute atomic E-state index is 0.00818. The highest BCUT2D eigenvalue weighted by molar-refractivity contribution is 5.79. The average molecular weight is 278 g/mol. The molecule has 0 aromatic rings. The van der Waals surface area contributed by atoms with Gasteiger partial charge in [0.05, 0.1) is 12.6 Å². The fourth-order valence-corrected chi connectivity index (χ4v) is 3.41. The molecule has 0 radical (unpaired) electrons. The average Bonchev–Trinajstić information content (AvgIpc) is 2.94. The van der Waals surface area contributed by atoms with E-state index in [1.165, 1.54) is 0 Å². The highest BCUT2D eigenvalue weighted by Crippen LogP contribution is 2.28. The van der Waals surface area contributed by atoms with E-state index < -0.39 is 5.54 Å². The summed E-state index contributed by atoms with van der Waals surface area (Å²) in [5, 5.41) is 15.7. The smallest absolute Gasteiger partial charge is 0.235 e. The van der Waals surface area contributed by atoms with Crippen molar-refractivity contribution in [1.82, 2.24) is 15.5 Å². The molecule has 112 valence electrons. The van der Waals surface area contributed by atoms with Crippen LogP contribution >= 0.6 is 0 Å². The second-order valence-corrected chi connectivity index (χ2v) is 5.99. The molecule has 2 aliphatic rings. The maximum absolute atomic E-state index is 12.3. The normalized spacial score (nSPS) is 22.6. The van der Waals surface area contributed by atoms with Crippen molar-refractivity contribution in [1.29, 1.82) is 5.26 Å². The van der Waals surface area contributed by atoms with Crippen LogP contribution in [0.25, 0.3) is 0 Å². The number of nitrogens with one attached hydrogen (secondary N) is 2. The highest BCUT2D eigenvalue weighted by atomic mass is 16.2. The number of nitrogens with zero attached hydrogens (tertiary/aromatic N) is 2. The van der Waals surface area contributed by atoms with Gasteiger partial charge in [0.25, 0.3) is 0 Å². The summed E-state index contributed by atoms with van der Waals surface area (Å²) >= 11 is 0. The molecule has 0 spiro atoms. The van der Waals surface area contributed by atoms with Gasteiger partial charge in [-0.3, -0.25) is 9.69 Å². The summed E-state index contributed by atoms with van der Waals surface area (Å²) in [6, 6.07) is 2.81. The van der Waals surface area contributed by atoms with Crippen LogP contribution in [0.3, 0.4) is 0 Å². The predicted octanol–water partition coefficient (Wildman–Crippen LogP) is 1.01. The molecular formula is C15H26N4O. The van der Waals surface area contributed by atoms with Crippen LogP contribution in [0.4, 0.5) is 0 Å². The van der Waals surface area contributed by atoms with Crippen molar-refractivity contribution < 1.29 is 4.79 Å². The summed E-state index contributed by atoms with van der Waals surface area (Å²) in [7, 11) is 0. The van der Waals surface area contributed by atoms with Crippen molar-refractivity contribution in [3.8, 4) is 6.07 Å². The van der Waals surface area contributed by atoms with Crippen LogP contribution < -0.4 is 10.6 Å². The molecule has 5 nitrogen and oxygen atoms in total. The number of likely N-dealkylation sites (N-methyl/N-ethyl adjacent to an activating group) is 1. The van der Waals surface area contributed by atoms with Gasteiger partial charge in [-0.25, -0.2) is 0 Å². The van der Waals surface area contributed by atoms with Crippen LogP contribution in [-0.4, -0.2) is 48.6 Å². The fourth-order valence-electron chi connectivity index (χ4n) is 3.41. The zero-order valence-corrected chi connectivity index (χ0v) is 12.5. The summed E-state index contributed by atoms with van der Waals surface area (Å²) < 4.78 is 0. The molecule has 0 aromatic carbocycles. The molecule has 1 heterocycles. The number of carbonyl (C=O) groups is 1. The summed E-state index contributed by atoms with van der Waals surface area (Å²) in [6.45, 7) is 5.48. The Morgan fingerprint density at radius 1 is 1.40 bits per heavy atom. The third-order valence-electron chi connectivity index (χ3n) is 4.63. The zero-order valence-electron chi connectivity index (χ0n) is 12.5. The van der Waals surface area contributed by atoms with Crippen LogP contribution in [-0.2, 0) is 4.79 Å². The highest BCUT2D eigenvalue weighted by Gasteiger charge is 2.35. The van der Waals surface area contributed by atoms with Gasteiger partial charge in [0.1, 0.15) is 5.54 Å². The molecule has 2 fully saturated rings. The Labute approximate surface area is 121 Å². The van der Waals surface area contributed by atoms with Crippen molar-refractivity contribution in [2.24, 2.45) is 0 Å². The van der Waals surface area contributed by atoms with Crippen molar-refractivity contribution in [3.63, 3.8) is 0 Å². The van der Waals surface area contributed by atoms with E-state index in [2.05, 4.69) is 28.5 Å². The first kappa shape index (κ1) is 15.3. The lowest BCUT2D eigenvalue weighted by molar-refractivity contribution is -0.124. The zero-order chi connectivity index (χ0) is 14.4. The molecule has 2 N–H and O–H groups in total. The molecule has 5 heteroatoms. The molecular weight excluding hydrogens is 252 g/mol. The van der Waals surface area contributed by atoms with E-state index in [0.717, 1.165) is 58.2 Å². The SMILES string of the molecule is CCN(CC(=O)NC1(C#N)CCCC1)C1CCNCC1. The molecule has 1 saturated carbocycles. The maximum atomic E-state index is 12.3. The van der Waals surface area contributed by atoms with Crippen LogP contribution in [0.2, 0.25) is 0 Å². The lowest BCUT2D eigenvalue weighted by Crippen LogP contribution is -2.52. The van der Waals surface area contributed by atoms with Crippen LogP contribution in [0, 0.1) is 11.3 Å². The quantitative estimate of drug-likeness (QED) is 0.787. The summed E-state index contributed by atoms with van der Waals surface area (Å²) in [4.78, 5) is 14.5. The molecule has 1 saturated heterocycles. The third kappa shape index (κ3) is 3.71. The predicted molar refractivity (Wildman–Crippen MR) is 78.1 cm³/mol. The van der Waals surface area contributed by atoms with Gasteiger partial charge >= 0.3 is 0 Å². The molecule has 0 aromatic heterocycles. The molecule has 1 amide bonds. The van der Waals surface area contributed by atoms with E-state index in [1.54, 1.807) is 0 Å². The number of carbonyl (C=O) groups excluding carboxylic acids is 1. The first-order valence-corrected chi connectivity index (χ1v) is 7.86. The van der Waals surface area contributed by atoms with E-state index in [1.807, 2.05) is 0 Å². The number of piperidine rings is 1. The first-order chi connectivity index (χ1) is 9.69. The van der Waals surface area contributed by atoms with Crippen molar-refractivity contribution in [3.05, 3.63) is 0 Å². The van der Waals surface area contributed by atoms with Gasteiger partial charge in [-0.2, -0.15) is 5.26 Å². The first-order valence-electron chi connectivity index (χ1n) is 7.86. The Bertz CT molecular complexity index is 365. The molecule has 1 aliphatic carbocycles. The second-order valence-electron chi connectivity index (χ2n) is 5.99. The monoisotopic (exact) mass is 278 g/mol. The summed E-state index contributed by atoms with van der Waals surface area (Å²) in [6.07, 6.45) is 5.89. The third-order valence-corrected chi connectivity index (χ3v) is 4.63. The van der Waals surface area contributed by atoms with Gasteiger partial charge < -0.3 is 10.6 Å². The minimum atomic E-state index is -0.593. The Morgan fingerprint density at radius 2 is 2.05 bits per heavy atom. The number of nitriles is 1. The van der Waals surface area contributed by atoms with Gasteiger partial charge in [-0.05, 0) is 58.2 Å².